The third-order valence-electron chi connectivity index (χ3n) is 3.91. The number of carbonyl (C=O) groups excluding carboxylic acids is 1. The summed E-state index contributed by atoms with van der Waals surface area (Å²) in [6.45, 7) is 0.447. The zero-order valence-electron chi connectivity index (χ0n) is 14.9. The van der Waals surface area contributed by atoms with Gasteiger partial charge in [-0.15, -0.1) is 10.2 Å². The van der Waals surface area contributed by atoms with E-state index in [1.165, 1.54) is 11.8 Å². The molecule has 1 amide bonds. The van der Waals surface area contributed by atoms with Crippen LogP contribution in [0.25, 0.3) is 11.4 Å². The highest BCUT2D eigenvalue weighted by Crippen LogP contribution is 2.24. The summed E-state index contributed by atoms with van der Waals surface area (Å²) in [7, 11) is 5.27. The highest BCUT2D eigenvalue weighted by molar-refractivity contribution is 7.99. The Bertz CT molecular complexity index is 859. The first-order chi connectivity index (χ1) is 12.6. The fourth-order valence-electron chi connectivity index (χ4n) is 2.39. The summed E-state index contributed by atoms with van der Waals surface area (Å²) in [6.07, 6.45) is 1.60. The van der Waals surface area contributed by atoms with Crippen LogP contribution in [0.3, 0.4) is 0 Å². The number of nitrogens with zero attached hydrogens (tertiary/aromatic N) is 4. The number of ether oxygens (including phenoxy) is 1. The van der Waals surface area contributed by atoms with Crippen molar-refractivity contribution in [1.29, 1.82) is 0 Å². The van der Waals surface area contributed by atoms with Crippen molar-refractivity contribution in [2.75, 3.05) is 19.9 Å². The average molecular weight is 372 g/mol. The minimum absolute atomic E-state index is 0.000368. The number of hydrogen-bond donors (Lipinski definition) is 0. The largest absolute Gasteiger partial charge is 0.497 e. The van der Waals surface area contributed by atoms with Crippen molar-refractivity contribution >= 4 is 17.7 Å². The minimum atomic E-state index is 0.000368. The molecule has 0 aliphatic rings. The molecule has 0 aliphatic carbocycles. The number of benzene rings is 1. The van der Waals surface area contributed by atoms with Crippen LogP contribution in [-0.4, -0.2) is 45.5 Å². The first-order valence-corrected chi connectivity index (χ1v) is 9.00. The van der Waals surface area contributed by atoms with E-state index >= 15 is 0 Å². The summed E-state index contributed by atoms with van der Waals surface area (Å²) >= 11 is 1.36. The molecule has 3 aromatic rings. The lowest BCUT2D eigenvalue weighted by Gasteiger charge is -2.15. The molecule has 0 fully saturated rings. The van der Waals surface area contributed by atoms with Gasteiger partial charge in [0.25, 0.3) is 0 Å². The van der Waals surface area contributed by atoms with Gasteiger partial charge in [-0.05, 0) is 36.4 Å². The molecule has 0 spiro atoms. The molecule has 136 valence electrons. The van der Waals surface area contributed by atoms with Crippen molar-refractivity contribution in [3.63, 3.8) is 0 Å². The first-order valence-electron chi connectivity index (χ1n) is 8.01. The molecule has 0 N–H and O–H groups in total. The highest BCUT2D eigenvalue weighted by atomic mass is 32.2. The van der Waals surface area contributed by atoms with Crippen molar-refractivity contribution in [2.24, 2.45) is 7.05 Å². The summed E-state index contributed by atoms with van der Waals surface area (Å²) in [5.41, 5.74) is 0.939. The molecule has 0 radical (unpaired) electrons. The van der Waals surface area contributed by atoms with Gasteiger partial charge in [-0.2, -0.15) is 0 Å². The third kappa shape index (κ3) is 4.08. The van der Waals surface area contributed by atoms with Gasteiger partial charge in [0.05, 0.1) is 25.7 Å². The van der Waals surface area contributed by atoms with Gasteiger partial charge in [0.15, 0.2) is 11.0 Å². The van der Waals surface area contributed by atoms with E-state index < -0.39 is 0 Å². The molecule has 26 heavy (non-hydrogen) atoms. The molecular formula is C18H20N4O3S. The zero-order valence-corrected chi connectivity index (χ0v) is 15.7. The van der Waals surface area contributed by atoms with Crippen LogP contribution in [0.2, 0.25) is 0 Å². The number of hydrogen-bond acceptors (Lipinski definition) is 6. The van der Waals surface area contributed by atoms with Crippen LogP contribution in [0.15, 0.2) is 52.2 Å². The summed E-state index contributed by atoms with van der Waals surface area (Å²) < 4.78 is 12.3. The number of carbonyl (C=O) groups is 1. The predicted octanol–water partition coefficient (Wildman–Crippen LogP) is 2.83. The molecule has 0 atom stereocenters. The lowest BCUT2D eigenvalue weighted by molar-refractivity contribution is -0.127. The molecule has 7 nitrogen and oxygen atoms in total. The lowest BCUT2D eigenvalue weighted by Crippen LogP contribution is -2.27. The molecule has 0 saturated heterocycles. The zero-order chi connectivity index (χ0) is 18.5. The van der Waals surface area contributed by atoms with Crippen LogP contribution in [0.4, 0.5) is 0 Å². The second-order valence-electron chi connectivity index (χ2n) is 5.71. The Morgan fingerprint density at radius 1 is 1.27 bits per heavy atom. The summed E-state index contributed by atoms with van der Waals surface area (Å²) in [4.78, 5) is 13.9. The number of amides is 1. The van der Waals surface area contributed by atoms with Gasteiger partial charge in [0.2, 0.25) is 5.91 Å². The molecule has 0 bridgehead atoms. The third-order valence-corrected chi connectivity index (χ3v) is 4.91. The van der Waals surface area contributed by atoms with Crippen LogP contribution in [0.1, 0.15) is 5.76 Å². The van der Waals surface area contributed by atoms with Gasteiger partial charge in [0.1, 0.15) is 11.5 Å². The number of methoxy groups -OCH3 is 1. The molecule has 0 saturated carbocycles. The van der Waals surface area contributed by atoms with Crippen LogP contribution in [0.5, 0.6) is 5.75 Å². The van der Waals surface area contributed by atoms with E-state index in [4.69, 9.17) is 9.15 Å². The summed E-state index contributed by atoms with van der Waals surface area (Å²) in [6, 6.07) is 11.3. The first kappa shape index (κ1) is 18.1. The summed E-state index contributed by atoms with van der Waals surface area (Å²) in [5.74, 6) is 2.57. The number of furan rings is 1. The monoisotopic (exact) mass is 372 g/mol. The van der Waals surface area contributed by atoms with Crippen molar-refractivity contribution in [3.8, 4) is 17.1 Å². The SMILES string of the molecule is COc1ccc(-c2nnc(SCC(=O)N(C)Cc3ccco3)n2C)cc1. The minimum Gasteiger partial charge on any atom is -0.497 e. The molecule has 2 heterocycles. The van der Waals surface area contributed by atoms with Crippen molar-refractivity contribution < 1.29 is 13.9 Å². The van der Waals surface area contributed by atoms with Crippen LogP contribution in [0, 0.1) is 0 Å². The quantitative estimate of drug-likeness (QED) is 0.594. The smallest absolute Gasteiger partial charge is 0.233 e. The Hall–Kier alpha value is -2.74. The van der Waals surface area contributed by atoms with E-state index in [0.29, 0.717) is 11.7 Å². The average Bonchev–Trinajstić information content (AvgIpc) is 3.29. The van der Waals surface area contributed by atoms with Crippen LogP contribution < -0.4 is 4.74 Å². The van der Waals surface area contributed by atoms with E-state index in [2.05, 4.69) is 10.2 Å². The molecule has 3 rings (SSSR count). The Balaban J connectivity index is 1.61. The summed E-state index contributed by atoms with van der Waals surface area (Å²) in [5, 5.41) is 9.12. The molecule has 8 heteroatoms. The van der Waals surface area contributed by atoms with E-state index in [0.717, 1.165) is 22.9 Å². The predicted molar refractivity (Wildman–Crippen MR) is 98.9 cm³/mol. The van der Waals surface area contributed by atoms with Gasteiger partial charge in [0, 0.05) is 19.7 Å². The Morgan fingerprint density at radius 2 is 2.04 bits per heavy atom. The second-order valence-corrected chi connectivity index (χ2v) is 6.65. The van der Waals surface area contributed by atoms with Gasteiger partial charge in [-0.25, -0.2) is 0 Å². The van der Waals surface area contributed by atoms with Crippen LogP contribution in [-0.2, 0) is 18.4 Å². The normalized spacial score (nSPS) is 10.7. The van der Waals surface area contributed by atoms with E-state index in [-0.39, 0.29) is 11.7 Å². The maximum absolute atomic E-state index is 12.3. The van der Waals surface area contributed by atoms with E-state index in [1.54, 1.807) is 25.3 Å². The standard InChI is InChI=1S/C18H20N4O3S/c1-21(11-15-5-4-10-25-15)16(23)12-26-18-20-19-17(22(18)2)13-6-8-14(24-3)9-7-13/h4-10H,11-12H2,1-3H3. The topological polar surface area (TPSA) is 73.4 Å². The molecular weight excluding hydrogens is 352 g/mol. The van der Waals surface area contributed by atoms with Gasteiger partial charge in [-0.1, -0.05) is 11.8 Å². The van der Waals surface area contributed by atoms with Crippen LogP contribution >= 0.6 is 11.8 Å². The number of aromatic nitrogens is 3. The molecule has 1 aromatic carbocycles. The van der Waals surface area contributed by atoms with Gasteiger partial charge < -0.3 is 18.6 Å². The number of rotatable bonds is 7. The van der Waals surface area contributed by atoms with E-state index in [9.17, 15) is 4.79 Å². The number of thioether (sulfide) groups is 1. The lowest BCUT2D eigenvalue weighted by atomic mass is 10.2. The Kier molecular flexibility index (Phi) is 5.62. The second kappa shape index (κ2) is 8.09. The van der Waals surface area contributed by atoms with Gasteiger partial charge >= 0.3 is 0 Å². The molecule has 0 unspecified atom stereocenters. The van der Waals surface area contributed by atoms with Crippen molar-refractivity contribution in [2.45, 2.75) is 11.7 Å². The highest BCUT2D eigenvalue weighted by Gasteiger charge is 2.15. The maximum Gasteiger partial charge on any atom is 0.233 e. The molecule has 0 aliphatic heterocycles. The van der Waals surface area contributed by atoms with Gasteiger partial charge in [-0.3, -0.25) is 4.79 Å². The Labute approximate surface area is 156 Å². The molecule has 2 aromatic heterocycles. The van der Waals surface area contributed by atoms with Crippen molar-refractivity contribution in [1.82, 2.24) is 19.7 Å². The Morgan fingerprint density at radius 3 is 2.69 bits per heavy atom. The fraction of sp³-hybridized carbons (Fsp3) is 0.278. The van der Waals surface area contributed by atoms with E-state index in [1.807, 2.05) is 48.0 Å². The fourth-order valence-corrected chi connectivity index (χ4v) is 3.24. The maximum atomic E-state index is 12.3. The van der Waals surface area contributed by atoms with Crippen molar-refractivity contribution in [3.05, 3.63) is 48.4 Å².